The lowest BCUT2D eigenvalue weighted by Crippen LogP contribution is -2.38. The molecule has 6 rings (SSSR count). The number of benzene rings is 1. The highest BCUT2D eigenvalue weighted by Gasteiger charge is 2.48. The van der Waals surface area contributed by atoms with Crippen molar-refractivity contribution in [2.75, 3.05) is 52.2 Å². The number of aliphatic hydroxyl groups excluding tert-OH is 1. The molecule has 1 aliphatic carbocycles. The fraction of sp³-hybridized carbons (Fsp3) is 0.520. The number of fused-ring (bicyclic) bond motifs is 6. The number of aromatic nitrogens is 1. The predicted molar refractivity (Wildman–Crippen MR) is 137 cm³/mol. The highest BCUT2D eigenvalue weighted by atomic mass is 32.2. The topological polar surface area (TPSA) is 124 Å². The Morgan fingerprint density at radius 2 is 1.89 bits per heavy atom. The second kappa shape index (κ2) is 9.66. The first-order valence-corrected chi connectivity index (χ1v) is 14.1. The van der Waals surface area contributed by atoms with E-state index in [2.05, 4.69) is 25.2 Å². The van der Waals surface area contributed by atoms with Crippen LogP contribution in [0.2, 0.25) is 0 Å². The van der Waals surface area contributed by atoms with Crippen molar-refractivity contribution in [2.45, 2.75) is 38.5 Å². The monoisotopic (exact) mass is 499 g/mol. The SMILES string of the molecule is O=C1Nc2cccc(n2)NCCCC2(CC2)C2CCN(CC2)c2cc(NS(=O)(=O)CCO)ccc21. The molecule has 2 fully saturated rings. The summed E-state index contributed by atoms with van der Waals surface area (Å²) in [5.74, 6) is 1.20. The van der Waals surface area contributed by atoms with E-state index in [1.54, 1.807) is 24.3 Å². The van der Waals surface area contributed by atoms with Crippen molar-refractivity contribution in [1.29, 1.82) is 0 Å². The molecule has 1 aromatic heterocycles. The molecule has 0 unspecified atom stereocenters. The molecule has 35 heavy (non-hydrogen) atoms. The minimum Gasteiger partial charge on any atom is -0.395 e. The number of rotatable bonds is 4. The average Bonchev–Trinajstić information content (AvgIpc) is 3.62. The number of aliphatic hydroxyl groups is 1. The summed E-state index contributed by atoms with van der Waals surface area (Å²) in [5, 5.41) is 15.4. The second-order valence-electron chi connectivity index (χ2n) is 9.89. The molecule has 3 aliphatic heterocycles. The van der Waals surface area contributed by atoms with E-state index in [0.717, 1.165) is 44.7 Å². The van der Waals surface area contributed by atoms with Crippen LogP contribution < -0.4 is 20.3 Å². The van der Waals surface area contributed by atoms with Gasteiger partial charge in [0.1, 0.15) is 11.6 Å². The third-order valence-electron chi connectivity index (χ3n) is 7.62. The van der Waals surface area contributed by atoms with Gasteiger partial charge in [-0.1, -0.05) is 6.07 Å². The minimum atomic E-state index is -3.67. The number of sulfonamides is 1. The third kappa shape index (κ3) is 5.38. The number of carbonyl (C=O) groups is 1. The van der Waals surface area contributed by atoms with Crippen LogP contribution >= 0.6 is 0 Å². The lowest BCUT2D eigenvalue weighted by Gasteiger charge is -2.38. The molecule has 2 aromatic rings. The molecule has 0 radical (unpaired) electrons. The van der Waals surface area contributed by atoms with Crippen molar-refractivity contribution < 1.29 is 18.3 Å². The van der Waals surface area contributed by atoms with Gasteiger partial charge in [0.25, 0.3) is 5.91 Å². The van der Waals surface area contributed by atoms with E-state index in [9.17, 15) is 13.2 Å². The molecular weight excluding hydrogens is 466 g/mol. The Kier molecular flexibility index (Phi) is 6.59. The summed E-state index contributed by atoms with van der Waals surface area (Å²) in [6, 6.07) is 10.5. The largest absolute Gasteiger partial charge is 0.395 e. The zero-order valence-corrected chi connectivity index (χ0v) is 20.6. The number of piperidine rings is 1. The van der Waals surface area contributed by atoms with Gasteiger partial charge >= 0.3 is 0 Å². The second-order valence-corrected chi connectivity index (χ2v) is 11.7. The maximum Gasteiger partial charge on any atom is 0.258 e. The fourth-order valence-electron chi connectivity index (χ4n) is 5.60. The summed E-state index contributed by atoms with van der Waals surface area (Å²) in [7, 11) is -3.67. The standard InChI is InChI=1S/C25H33N5O4S/c31-15-16-35(33,34)29-19-5-6-20-21(17-19)30-13-7-18(8-14-30)25(10-11-25)9-2-12-26-22-3-1-4-23(27-22)28-24(20)32/h1,3-6,17-18,29,31H,2,7-16H2,(H2,26,27,28,32). The van der Waals surface area contributed by atoms with Crippen LogP contribution in [0.15, 0.2) is 36.4 Å². The lowest BCUT2D eigenvalue weighted by molar-refractivity contribution is 0.102. The van der Waals surface area contributed by atoms with Crippen LogP contribution in [0.4, 0.5) is 23.0 Å². The summed E-state index contributed by atoms with van der Waals surface area (Å²) in [6.45, 7) is 2.05. The number of carbonyl (C=O) groups excluding carboxylic acids is 1. The van der Waals surface area contributed by atoms with Gasteiger partial charge in [0.2, 0.25) is 10.0 Å². The van der Waals surface area contributed by atoms with Gasteiger partial charge < -0.3 is 20.6 Å². The molecule has 4 aliphatic rings. The number of nitrogens with one attached hydrogen (secondary N) is 3. The molecule has 1 spiro atoms. The normalized spacial score (nSPS) is 20.1. The van der Waals surface area contributed by atoms with Crippen molar-refractivity contribution in [3.8, 4) is 0 Å². The van der Waals surface area contributed by atoms with E-state index >= 15 is 0 Å². The van der Waals surface area contributed by atoms with Crippen molar-refractivity contribution in [3.63, 3.8) is 0 Å². The molecule has 4 N–H and O–H groups in total. The first-order valence-electron chi connectivity index (χ1n) is 12.4. The smallest absolute Gasteiger partial charge is 0.258 e. The van der Waals surface area contributed by atoms with Crippen LogP contribution in [0.5, 0.6) is 0 Å². The van der Waals surface area contributed by atoms with Gasteiger partial charge in [-0.05, 0) is 80.2 Å². The van der Waals surface area contributed by atoms with E-state index in [1.807, 2.05) is 12.1 Å². The quantitative estimate of drug-likeness (QED) is 0.509. The minimum absolute atomic E-state index is 0.290. The summed E-state index contributed by atoms with van der Waals surface area (Å²) in [5.41, 5.74) is 2.00. The number of amides is 1. The Morgan fingerprint density at radius 3 is 2.63 bits per heavy atom. The van der Waals surface area contributed by atoms with Crippen LogP contribution in [-0.2, 0) is 10.0 Å². The van der Waals surface area contributed by atoms with Gasteiger partial charge in [0, 0.05) is 19.6 Å². The summed E-state index contributed by atoms with van der Waals surface area (Å²) in [6.07, 6.45) is 7.03. The zero-order valence-electron chi connectivity index (χ0n) is 19.8. The Labute approximate surface area is 206 Å². The Balaban J connectivity index is 1.49. The molecule has 188 valence electrons. The maximum absolute atomic E-state index is 13.3. The molecule has 4 bridgehead atoms. The van der Waals surface area contributed by atoms with Crippen molar-refractivity contribution in [2.24, 2.45) is 11.3 Å². The fourth-order valence-corrected chi connectivity index (χ4v) is 6.43. The molecule has 1 aromatic carbocycles. The van der Waals surface area contributed by atoms with Gasteiger partial charge in [0.05, 0.1) is 29.3 Å². The molecule has 1 saturated heterocycles. The molecule has 1 amide bonds. The molecule has 9 nitrogen and oxygen atoms in total. The Morgan fingerprint density at radius 1 is 1.11 bits per heavy atom. The predicted octanol–water partition coefficient (Wildman–Crippen LogP) is 3.27. The van der Waals surface area contributed by atoms with E-state index in [0.29, 0.717) is 34.1 Å². The summed E-state index contributed by atoms with van der Waals surface area (Å²) < 4.78 is 27.0. The van der Waals surface area contributed by atoms with Crippen LogP contribution in [0.1, 0.15) is 48.9 Å². The molecule has 0 atom stereocenters. The maximum atomic E-state index is 13.3. The molecule has 4 heterocycles. The average molecular weight is 500 g/mol. The van der Waals surface area contributed by atoms with E-state index in [-0.39, 0.29) is 11.7 Å². The van der Waals surface area contributed by atoms with Crippen molar-refractivity contribution >= 4 is 38.9 Å². The van der Waals surface area contributed by atoms with Gasteiger partial charge in [-0.3, -0.25) is 9.52 Å². The molecular formula is C25H33N5O4S. The zero-order chi connectivity index (χ0) is 24.5. The Bertz CT molecular complexity index is 1190. The third-order valence-corrected chi connectivity index (χ3v) is 8.88. The number of pyridine rings is 1. The highest BCUT2D eigenvalue weighted by molar-refractivity contribution is 7.92. The van der Waals surface area contributed by atoms with Crippen molar-refractivity contribution in [3.05, 3.63) is 42.0 Å². The number of hydrogen-bond donors (Lipinski definition) is 4. The van der Waals surface area contributed by atoms with Gasteiger partial charge in [-0.15, -0.1) is 0 Å². The van der Waals surface area contributed by atoms with Crippen molar-refractivity contribution in [1.82, 2.24) is 4.98 Å². The summed E-state index contributed by atoms with van der Waals surface area (Å²) in [4.78, 5) is 20.1. The van der Waals surface area contributed by atoms with E-state index < -0.39 is 16.6 Å². The Hall–Kier alpha value is -2.85. The van der Waals surface area contributed by atoms with Crippen LogP contribution in [0.3, 0.4) is 0 Å². The van der Waals surface area contributed by atoms with Gasteiger partial charge in [0.15, 0.2) is 0 Å². The van der Waals surface area contributed by atoms with Gasteiger partial charge in [-0.2, -0.15) is 0 Å². The van der Waals surface area contributed by atoms with Crippen LogP contribution in [-0.4, -0.2) is 56.4 Å². The first-order chi connectivity index (χ1) is 16.9. The summed E-state index contributed by atoms with van der Waals surface area (Å²) >= 11 is 0. The number of nitrogens with zero attached hydrogens (tertiary/aromatic N) is 2. The number of hydrogen-bond acceptors (Lipinski definition) is 7. The molecule has 10 heteroatoms. The van der Waals surface area contributed by atoms with Gasteiger partial charge in [-0.25, -0.2) is 13.4 Å². The number of anilines is 4. The van der Waals surface area contributed by atoms with Crippen LogP contribution in [0, 0.1) is 11.3 Å². The van der Waals surface area contributed by atoms with Crippen LogP contribution in [0.25, 0.3) is 0 Å². The lowest BCUT2D eigenvalue weighted by atomic mass is 9.78. The molecule has 1 saturated carbocycles. The first kappa shape index (κ1) is 23.9. The highest BCUT2D eigenvalue weighted by Crippen LogP contribution is 2.58. The van der Waals surface area contributed by atoms with E-state index in [4.69, 9.17) is 5.11 Å². The van der Waals surface area contributed by atoms with E-state index in [1.165, 1.54) is 19.3 Å².